The first-order valence-electron chi connectivity index (χ1n) is 20.0. The SMILES string of the molecule is CCC=O.CCCN1CCC(COc2cc(Cc3nccc(CC)n3)ccc2OC)C1.CCc1ccnc(Cc2ccc(OC)c(OCC3CCNC3)c2)n1. The van der Waals surface area contributed by atoms with Crippen LogP contribution in [0.25, 0.3) is 0 Å². The Hall–Kier alpha value is -4.61. The Morgan fingerprint density at radius 2 is 1.29 bits per heavy atom. The molecule has 0 radical (unpaired) electrons. The molecule has 0 spiro atoms. The van der Waals surface area contributed by atoms with Crippen LogP contribution in [-0.2, 0) is 30.5 Å². The number of carbonyl (C=O) groups is 1. The Morgan fingerprint density at radius 1 is 0.745 bits per heavy atom. The van der Waals surface area contributed by atoms with E-state index < -0.39 is 0 Å². The van der Waals surface area contributed by atoms with Crippen LogP contribution in [0.3, 0.4) is 0 Å². The molecule has 4 aromatic rings. The number of nitrogens with zero attached hydrogens (tertiary/aromatic N) is 5. The summed E-state index contributed by atoms with van der Waals surface area (Å²) in [6.45, 7) is 15.3. The van der Waals surface area contributed by atoms with Gasteiger partial charge in [0, 0.05) is 68.0 Å². The van der Waals surface area contributed by atoms with Gasteiger partial charge in [0.05, 0.1) is 27.4 Å². The zero-order valence-electron chi connectivity index (χ0n) is 33.9. The van der Waals surface area contributed by atoms with Crippen molar-refractivity contribution in [1.29, 1.82) is 0 Å². The monoisotopic (exact) mass is 754 g/mol. The maximum Gasteiger partial charge on any atom is 0.161 e. The van der Waals surface area contributed by atoms with Crippen molar-refractivity contribution in [3.05, 3.63) is 95.1 Å². The van der Waals surface area contributed by atoms with Gasteiger partial charge in [0.1, 0.15) is 17.9 Å². The van der Waals surface area contributed by atoms with E-state index in [1.54, 1.807) is 14.2 Å². The van der Waals surface area contributed by atoms with Crippen LogP contribution in [0.5, 0.6) is 23.0 Å². The second-order valence-corrected chi connectivity index (χ2v) is 14.0. The van der Waals surface area contributed by atoms with Gasteiger partial charge in [-0.1, -0.05) is 39.8 Å². The van der Waals surface area contributed by atoms with Crippen molar-refractivity contribution >= 4 is 6.29 Å². The lowest BCUT2D eigenvalue weighted by Crippen LogP contribution is -2.23. The molecule has 11 nitrogen and oxygen atoms in total. The summed E-state index contributed by atoms with van der Waals surface area (Å²) in [7, 11) is 3.36. The number of hydrogen-bond acceptors (Lipinski definition) is 11. The molecule has 6 rings (SSSR count). The largest absolute Gasteiger partial charge is 0.493 e. The van der Waals surface area contributed by atoms with E-state index in [2.05, 4.69) is 63.1 Å². The molecule has 0 amide bonds. The van der Waals surface area contributed by atoms with Crippen molar-refractivity contribution in [2.24, 2.45) is 11.8 Å². The van der Waals surface area contributed by atoms with Crippen molar-refractivity contribution in [3.8, 4) is 23.0 Å². The maximum absolute atomic E-state index is 9.17. The fourth-order valence-corrected chi connectivity index (χ4v) is 6.54. The third-order valence-electron chi connectivity index (χ3n) is 9.62. The number of benzene rings is 2. The highest BCUT2D eigenvalue weighted by atomic mass is 16.5. The molecule has 1 N–H and O–H groups in total. The summed E-state index contributed by atoms with van der Waals surface area (Å²) < 4.78 is 23.1. The van der Waals surface area contributed by atoms with E-state index in [0.717, 1.165) is 103 Å². The molecule has 55 heavy (non-hydrogen) atoms. The number of carbonyl (C=O) groups excluding carboxylic acids is 1. The number of ether oxygens (including phenoxy) is 4. The molecule has 11 heteroatoms. The number of likely N-dealkylation sites (tertiary alicyclic amines) is 1. The molecule has 2 aromatic heterocycles. The number of aromatic nitrogens is 4. The lowest BCUT2D eigenvalue weighted by atomic mass is 10.1. The first kappa shape index (κ1) is 43.1. The molecule has 2 atom stereocenters. The number of nitrogens with one attached hydrogen (secondary N) is 1. The van der Waals surface area contributed by atoms with Gasteiger partial charge in [0.25, 0.3) is 0 Å². The Balaban J connectivity index is 0.000000224. The van der Waals surface area contributed by atoms with Crippen LogP contribution in [0.2, 0.25) is 0 Å². The third kappa shape index (κ3) is 14.5. The predicted octanol–water partition coefficient (Wildman–Crippen LogP) is 6.97. The molecular weight excluding hydrogens is 693 g/mol. The van der Waals surface area contributed by atoms with E-state index in [1.165, 1.54) is 32.4 Å². The van der Waals surface area contributed by atoms with Gasteiger partial charge in [-0.25, -0.2) is 19.9 Å². The predicted molar refractivity (Wildman–Crippen MR) is 218 cm³/mol. The van der Waals surface area contributed by atoms with Gasteiger partial charge in [-0.15, -0.1) is 0 Å². The van der Waals surface area contributed by atoms with Crippen LogP contribution in [0.15, 0.2) is 60.9 Å². The minimum Gasteiger partial charge on any atom is -0.493 e. The summed E-state index contributed by atoms with van der Waals surface area (Å²) in [6, 6.07) is 16.1. The van der Waals surface area contributed by atoms with Crippen LogP contribution >= 0.6 is 0 Å². The smallest absolute Gasteiger partial charge is 0.161 e. The highest BCUT2D eigenvalue weighted by molar-refractivity contribution is 5.48. The van der Waals surface area contributed by atoms with E-state index in [0.29, 0.717) is 37.7 Å². The lowest BCUT2D eigenvalue weighted by Gasteiger charge is -2.17. The quantitative estimate of drug-likeness (QED) is 0.113. The molecule has 0 saturated carbocycles. The van der Waals surface area contributed by atoms with E-state index in [9.17, 15) is 4.79 Å². The topological polar surface area (TPSA) is 121 Å². The second-order valence-electron chi connectivity index (χ2n) is 14.0. The lowest BCUT2D eigenvalue weighted by molar-refractivity contribution is -0.107. The normalized spacial score (nSPS) is 16.3. The van der Waals surface area contributed by atoms with Crippen LogP contribution < -0.4 is 24.3 Å². The number of aldehydes is 1. The van der Waals surface area contributed by atoms with Gasteiger partial charge < -0.3 is 34.0 Å². The second kappa shape index (κ2) is 24.0. The van der Waals surface area contributed by atoms with Crippen molar-refractivity contribution in [3.63, 3.8) is 0 Å². The van der Waals surface area contributed by atoms with E-state index in [1.807, 2.05) is 55.7 Å². The van der Waals surface area contributed by atoms with Gasteiger partial charge in [0.15, 0.2) is 23.0 Å². The average molecular weight is 755 g/mol. The molecule has 2 aromatic carbocycles. The van der Waals surface area contributed by atoms with Gasteiger partial charge in [-0.2, -0.15) is 0 Å². The van der Waals surface area contributed by atoms with Gasteiger partial charge >= 0.3 is 0 Å². The molecule has 2 fully saturated rings. The highest BCUT2D eigenvalue weighted by Crippen LogP contribution is 2.31. The standard InChI is InChI=1S/C22H31N3O2.C19H25N3O2.C3H6O/c1-4-11-25-12-9-18(15-25)16-27-21-13-17(6-7-20(21)26-3)14-22-23-10-8-19(5-2)24-22;1-3-16-7-9-21-19(22-16)11-14-4-5-17(23-2)18(10-14)24-13-15-6-8-20-12-15;1-2-3-4/h6-8,10,13,18H,4-5,9,11-12,14-16H2,1-3H3;4-5,7,9-10,15,20H,3,6,8,11-13H2,1-2H3;3H,2H2,1H3. The van der Waals surface area contributed by atoms with Crippen LogP contribution in [0.4, 0.5) is 0 Å². The Bertz CT molecular complexity index is 1720. The van der Waals surface area contributed by atoms with E-state index >= 15 is 0 Å². The Morgan fingerprint density at radius 3 is 1.75 bits per heavy atom. The maximum atomic E-state index is 9.17. The average Bonchev–Trinajstić information content (AvgIpc) is 3.92. The van der Waals surface area contributed by atoms with Crippen LogP contribution in [0, 0.1) is 11.8 Å². The van der Waals surface area contributed by atoms with E-state index in [-0.39, 0.29) is 0 Å². The first-order chi connectivity index (χ1) is 26.9. The van der Waals surface area contributed by atoms with Gasteiger partial charge in [-0.05, 0) is 99.3 Å². The minimum atomic E-state index is 0.572. The number of hydrogen-bond donors (Lipinski definition) is 1. The van der Waals surface area contributed by atoms with Gasteiger partial charge in [0.2, 0.25) is 0 Å². The summed E-state index contributed by atoms with van der Waals surface area (Å²) in [5, 5.41) is 3.36. The van der Waals surface area contributed by atoms with Crippen molar-refractivity contribution in [1.82, 2.24) is 30.2 Å². The van der Waals surface area contributed by atoms with Crippen molar-refractivity contribution in [2.45, 2.75) is 79.1 Å². The van der Waals surface area contributed by atoms with Crippen molar-refractivity contribution < 1.29 is 23.7 Å². The molecule has 2 aliphatic rings. The number of methoxy groups -OCH3 is 2. The zero-order chi connectivity index (χ0) is 39.3. The minimum absolute atomic E-state index is 0.572. The number of aryl methyl sites for hydroxylation is 2. The summed E-state index contributed by atoms with van der Waals surface area (Å²) in [5.74, 6) is 6.02. The molecular formula is C44H62N6O5. The highest BCUT2D eigenvalue weighted by Gasteiger charge is 2.23. The van der Waals surface area contributed by atoms with Crippen LogP contribution in [0.1, 0.15) is 87.5 Å². The third-order valence-corrected chi connectivity index (χ3v) is 9.62. The summed E-state index contributed by atoms with van der Waals surface area (Å²) in [6.07, 6.45) is 12.0. The van der Waals surface area contributed by atoms with Gasteiger partial charge in [-0.3, -0.25) is 0 Å². The van der Waals surface area contributed by atoms with Crippen molar-refractivity contribution in [2.75, 3.05) is 60.2 Å². The molecule has 4 heterocycles. The van der Waals surface area contributed by atoms with E-state index in [4.69, 9.17) is 18.9 Å². The molecule has 298 valence electrons. The zero-order valence-corrected chi connectivity index (χ0v) is 33.9. The molecule has 2 aliphatic heterocycles. The Labute approximate surface area is 328 Å². The summed E-state index contributed by atoms with van der Waals surface area (Å²) >= 11 is 0. The number of rotatable bonds is 17. The molecule has 2 saturated heterocycles. The molecule has 0 bridgehead atoms. The fraction of sp³-hybridized carbons (Fsp3) is 0.523. The van der Waals surface area contributed by atoms with Crippen LogP contribution in [-0.4, -0.2) is 91.3 Å². The summed E-state index contributed by atoms with van der Waals surface area (Å²) in [5.41, 5.74) is 4.41. The molecule has 2 unspecified atom stereocenters. The molecule has 0 aliphatic carbocycles. The fourth-order valence-electron chi connectivity index (χ4n) is 6.54. The summed E-state index contributed by atoms with van der Waals surface area (Å²) in [4.78, 5) is 29.7. The first-order valence-corrected chi connectivity index (χ1v) is 20.0. The Kier molecular flexibility index (Phi) is 18.8.